The topological polar surface area (TPSA) is 75.3 Å². The van der Waals surface area contributed by atoms with E-state index in [-0.39, 0.29) is 11.9 Å². The number of benzene rings is 1. The third-order valence-corrected chi connectivity index (χ3v) is 7.66. The molecule has 0 bridgehead atoms. The lowest BCUT2D eigenvalue weighted by atomic mass is 9.70. The first-order valence-corrected chi connectivity index (χ1v) is 10.9. The molecule has 0 saturated heterocycles. The lowest BCUT2D eigenvalue weighted by molar-refractivity contribution is -0.116. The number of rotatable bonds is 3. The Morgan fingerprint density at radius 3 is 2.64 bits per heavy atom. The minimum atomic E-state index is -3.51. The van der Waals surface area contributed by atoms with Crippen LogP contribution in [0.25, 0.3) is 0 Å². The molecule has 1 heterocycles. The predicted molar refractivity (Wildman–Crippen MR) is 96.8 cm³/mol. The molecule has 0 aromatic heterocycles. The van der Waals surface area contributed by atoms with E-state index in [4.69, 9.17) is 0 Å². The van der Waals surface area contributed by atoms with Crippen LogP contribution in [-0.2, 0) is 21.2 Å². The van der Waals surface area contributed by atoms with Gasteiger partial charge in [0.2, 0.25) is 15.9 Å². The number of amides is 1. The Morgan fingerprint density at radius 2 is 1.80 bits per heavy atom. The summed E-state index contributed by atoms with van der Waals surface area (Å²) in [5.74, 6) is 1.49. The second-order valence-corrected chi connectivity index (χ2v) is 9.52. The van der Waals surface area contributed by atoms with Crippen molar-refractivity contribution in [3.63, 3.8) is 0 Å². The highest BCUT2D eigenvalue weighted by Crippen LogP contribution is 2.40. The van der Waals surface area contributed by atoms with Gasteiger partial charge in [0.05, 0.1) is 4.90 Å². The molecule has 0 radical (unpaired) electrons. The number of carbonyl (C=O) groups excluding carboxylic acids is 1. The van der Waals surface area contributed by atoms with E-state index >= 15 is 0 Å². The molecule has 4 rings (SSSR count). The maximum atomic E-state index is 12.8. The molecule has 3 unspecified atom stereocenters. The van der Waals surface area contributed by atoms with Gasteiger partial charge in [0.1, 0.15) is 0 Å². The van der Waals surface area contributed by atoms with Crippen LogP contribution in [0.15, 0.2) is 23.1 Å². The standard InChI is InChI=1S/C19H26N2O3S/c22-19-10-6-15-12-17(8-9-18(15)20-19)25(23,24)21-16-7-5-13-3-1-2-4-14(13)11-16/h8-9,12-14,16,21H,1-7,10-11H2,(H,20,22). The summed E-state index contributed by atoms with van der Waals surface area (Å²) < 4.78 is 28.6. The fourth-order valence-electron chi connectivity index (χ4n) is 4.79. The van der Waals surface area contributed by atoms with Gasteiger partial charge in [-0.3, -0.25) is 4.79 Å². The van der Waals surface area contributed by atoms with E-state index in [1.165, 1.54) is 25.7 Å². The molecular formula is C19H26N2O3S. The van der Waals surface area contributed by atoms with Crippen molar-refractivity contribution in [1.82, 2.24) is 4.72 Å². The van der Waals surface area contributed by atoms with Gasteiger partial charge in [-0.05, 0) is 61.3 Å². The number of carbonyl (C=O) groups is 1. The summed E-state index contributed by atoms with van der Waals surface area (Å²) in [6, 6.07) is 5.07. The highest BCUT2D eigenvalue weighted by Gasteiger charge is 2.34. The molecule has 2 aliphatic carbocycles. The molecule has 5 nitrogen and oxygen atoms in total. The van der Waals surface area contributed by atoms with Gasteiger partial charge in [0, 0.05) is 18.2 Å². The van der Waals surface area contributed by atoms with Crippen LogP contribution in [0.5, 0.6) is 0 Å². The molecule has 1 amide bonds. The van der Waals surface area contributed by atoms with Crippen LogP contribution in [0.4, 0.5) is 5.69 Å². The molecule has 1 aliphatic heterocycles. The van der Waals surface area contributed by atoms with Crippen LogP contribution < -0.4 is 10.0 Å². The molecular weight excluding hydrogens is 336 g/mol. The Balaban J connectivity index is 1.47. The van der Waals surface area contributed by atoms with Gasteiger partial charge < -0.3 is 5.32 Å². The fourth-order valence-corrected chi connectivity index (χ4v) is 6.13. The average molecular weight is 362 g/mol. The van der Waals surface area contributed by atoms with E-state index < -0.39 is 10.0 Å². The first kappa shape index (κ1) is 17.0. The number of nitrogens with one attached hydrogen (secondary N) is 2. The largest absolute Gasteiger partial charge is 0.326 e. The number of aryl methyl sites for hydroxylation is 1. The third-order valence-electron chi connectivity index (χ3n) is 6.14. The minimum Gasteiger partial charge on any atom is -0.326 e. The summed E-state index contributed by atoms with van der Waals surface area (Å²) in [5, 5.41) is 2.80. The van der Waals surface area contributed by atoms with Crippen LogP contribution >= 0.6 is 0 Å². The maximum Gasteiger partial charge on any atom is 0.240 e. The molecule has 1 aromatic rings. The smallest absolute Gasteiger partial charge is 0.240 e. The lowest BCUT2D eigenvalue weighted by Gasteiger charge is -2.39. The third kappa shape index (κ3) is 3.60. The van der Waals surface area contributed by atoms with E-state index in [9.17, 15) is 13.2 Å². The Hall–Kier alpha value is -1.40. The van der Waals surface area contributed by atoms with Crippen molar-refractivity contribution in [2.24, 2.45) is 11.8 Å². The normalized spacial score (nSPS) is 29.4. The molecule has 2 saturated carbocycles. The number of anilines is 1. The maximum absolute atomic E-state index is 12.8. The van der Waals surface area contributed by atoms with E-state index in [1.54, 1.807) is 18.2 Å². The summed E-state index contributed by atoms with van der Waals surface area (Å²) in [7, 11) is -3.51. The van der Waals surface area contributed by atoms with Crippen LogP contribution in [0.2, 0.25) is 0 Å². The van der Waals surface area contributed by atoms with Crippen molar-refractivity contribution in [2.75, 3.05) is 5.32 Å². The van der Waals surface area contributed by atoms with Crippen molar-refractivity contribution in [3.05, 3.63) is 23.8 Å². The van der Waals surface area contributed by atoms with Crippen molar-refractivity contribution in [1.29, 1.82) is 0 Å². The summed E-state index contributed by atoms with van der Waals surface area (Å²) in [4.78, 5) is 11.8. The van der Waals surface area contributed by atoms with Crippen molar-refractivity contribution >= 4 is 21.6 Å². The molecule has 0 spiro atoms. The summed E-state index contributed by atoms with van der Waals surface area (Å²) in [5.41, 5.74) is 1.64. The van der Waals surface area contributed by atoms with Gasteiger partial charge in [-0.2, -0.15) is 0 Å². The fraction of sp³-hybridized carbons (Fsp3) is 0.632. The molecule has 2 fully saturated rings. The van der Waals surface area contributed by atoms with E-state index in [1.807, 2.05) is 0 Å². The highest BCUT2D eigenvalue weighted by atomic mass is 32.2. The first-order valence-electron chi connectivity index (χ1n) is 9.46. The Morgan fingerprint density at radius 1 is 1.00 bits per heavy atom. The van der Waals surface area contributed by atoms with Crippen LogP contribution in [0.3, 0.4) is 0 Å². The van der Waals surface area contributed by atoms with Crippen molar-refractivity contribution in [3.8, 4) is 0 Å². The van der Waals surface area contributed by atoms with Gasteiger partial charge in [-0.15, -0.1) is 0 Å². The van der Waals surface area contributed by atoms with E-state index in [0.717, 1.165) is 36.4 Å². The Labute approximate surface area is 149 Å². The molecule has 2 N–H and O–H groups in total. The Bertz CT molecular complexity index is 775. The summed E-state index contributed by atoms with van der Waals surface area (Å²) in [6.45, 7) is 0. The zero-order valence-corrected chi connectivity index (χ0v) is 15.3. The van der Waals surface area contributed by atoms with Gasteiger partial charge in [0.15, 0.2) is 0 Å². The number of fused-ring (bicyclic) bond motifs is 2. The monoisotopic (exact) mass is 362 g/mol. The number of hydrogen-bond donors (Lipinski definition) is 2. The lowest BCUT2D eigenvalue weighted by Crippen LogP contribution is -2.41. The zero-order valence-electron chi connectivity index (χ0n) is 14.5. The van der Waals surface area contributed by atoms with Gasteiger partial charge >= 0.3 is 0 Å². The Kier molecular flexibility index (Phi) is 4.58. The summed E-state index contributed by atoms with van der Waals surface area (Å²) in [6.07, 6.45) is 9.27. The molecule has 1 aromatic carbocycles. The van der Waals surface area contributed by atoms with Crippen LogP contribution in [0, 0.1) is 11.8 Å². The SMILES string of the molecule is O=C1CCc2cc(S(=O)(=O)NC3CCC4CCCCC4C3)ccc2N1. The van der Waals surface area contributed by atoms with Gasteiger partial charge in [-0.25, -0.2) is 13.1 Å². The number of sulfonamides is 1. The van der Waals surface area contributed by atoms with Gasteiger partial charge in [-0.1, -0.05) is 25.7 Å². The highest BCUT2D eigenvalue weighted by molar-refractivity contribution is 7.89. The second-order valence-electron chi connectivity index (χ2n) is 7.80. The predicted octanol–water partition coefficient (Wildman–Crippen LogP) is 3.21. The van der Waals surface area contributed by atoms with E-state index in [2.05, 4.69) is 10.0 Å². The molecule has 3 atom stereocenters. The molecule has 25 heavy (non-hydrogen) atoms. The van der Waals surface area contributed by atoms with Crippen molar-refractivity contribution < 1.29 is 13.2 Å². The number of hydrogen-bond acceptors (Lipinski definition) is 3. The first-order chi connectivity index (χ1) is 12.0. The molecule has 3 aliphatic rings. The van der Waals surface area contributed by atoms with Crippen LogP contribution in [0.1, 0.15) is 56.9 Å². The van der Waals surface area contributed by atoms with Crippen molar-refractivity contribution in [2.45, 2.75) is 68.7 Å². The molecule has 6 heteroatoms. The minimum absolute atomic E-state index is 0.00882. The second kappa shape index (κ2) is 6.72. The van der Waals surface area contributed by atoms with Gasteiger partial charge in [0.25, 0.3) is 0 Å². The quantitative estimate of drug-likeness (QED) is 0.867. The van der Waals surface area contributed by atoms with E-state index in [0.29, 0.717) is 23.7 Å². The van der Waals surface area contributed by atoms with Crippen LogP contribution in [-0.4, -0.2) is 20.4 Å². The zero-order chi connectivity index (χ0) is 17.4. The average Bonchev–Trinajstić information content (AvgIpc) is 2.60. The summed E-state index contributed by atoms with van der Waals surface area (Å²) >= 11 is 0. The molecule has 136 valence electrons.